The third-order valence-corrected chi connectivity index (χ3v) is 4.76. The molecule has 180 valence electrons. The van der Waals surface area contributed by atoms with E-state index in [1.54, 1.807) is 0 Å². The highest BCUT2D eigenvalue weighted by atomic mass is 35.5. The zero-order chi connectivity index (χ0) is 25.2. The molecule has 8 nitrogen and oxygen atoms in total. The van der Waals surface area contributed by atoms with Crippen molar-refractivity contribution in [1.82, 2.24) is 4.90 Å². The molecule has 0 aromatic heterocycles. The van der Waals surface area contributed by atoms with Gasteiger partial charge in [0.1, 0.15) is 6.10 Å². The quantitative estimate of drug-likeness (QED) is 0.498. The summed E-state index contributed by atoms with van der Waals surface area (Å²) in [6.07, 6.45) is -0.0962. The second-order valence-corrected chi connectivity index (χ2v) is 9.04. The second kappa shape index (κ2) is 12.8. The average molecular weight is 479 g/mol. The fraction of sp³-hybridized carbons (Fsp3) is 0.375. The maximum Gasteiger partial charge on any atom is 0.414 e. The maximum atomic E-state index is 12.4. The topological polar surface area (TPSA) is 116 Å². The number of ether oxygens (including phenoxy) is 1. The number of amides is 1. The molecule has 0 spiro atoms. The minimum atomic E-state index is -1.82. The van der Waals surface area contributed by atoms with Crippen LogP contribution < -0.4 is 5.32 Å². The number of carboxylic acids is 2. The van der Waals surface area contributed by atoms with Gasteiger partial charge < -0.3 is 19.8 Å². The van der Waals surface area contributed by atoms with Crippen molar-refractivity contribution in [2.75, 3.05) is 26.0 Å². The van der Waals surface area contributed by atoms with Crippen LogP contribution in [0.15, 0.2) is 48.5 Å². The molecule has 0 saturated carbocycles. The number of aliphatic carboxylic acids is 2. The number of hydrogen-bond acceptors (Lipinski definition) is 5. The highest BCUT2D eigenvalue weighted by molar-refractivity contribution is 6.30. The first kappa shape index (κ1) is 27.9. The van der Waals surface area contributed by atoms with E-state index in [4.69, 9.17) is 36.1 Å². The van der Waals surface area contributed by atoms with Crippen LogP contribution in [-0.2, 0) is 19.7 Å². The van der Waals surface area contributed by atoms with Gasteiger partial charge in [0.2, 0.25) is 0 Å². The number of nitrogens with one attached hydrogen (secondary N) is 1. The van der Waals surface area contributed by atoms with Crippen LogP contribution >= 0.6 is 11.6 Å². The Labute approximate surface area is 199 Å². The third-order valence-electron chi connectivity index (χ3n) is 4.51. The minimum Gasteiger partial charge on any atom is -0.473 e. The fourth-order valence-corrected chi connectivity index (χ4v) is 2.80. The summed E-state index contributed by atoms with van der Waals surface area (Å²) in [5.41, 5.74) is 2.94. The normalized spacial score (nSPS) is 11.7. The molecule has 1 atom stereocenters. The molecule has 2 aromatic carbocycles. The largest absolute Gasteiger partial charge is 0.473 e. The molecule has 0 saturated heterocycles. The van der Waals surface area contributed by atoms with E-state index >= 15 is 0 Å². The van der Waals surface area contributed by atoms with Gasteiger partial charge in [0.05, 0.1) is 0 Å². The molecule has 2 rings (SSSR count). The van der Waals surface area contributed by atoms with Crippen LogP contribution in [0.4, 0.5) is 10.5 Å². The van der Waals surface area contributed by atoms with Crippen LogP contribution in [0.3, 0.4) is 0 Å². The van der Waals surface area contributed by atoms with E-state index < -0.39 is 18.0 Å². The Bertz CT molecular complexity index is 909. The number of hydrogen-bond donors (Lipinski definition) is 3. The molecule has 3 N–H and O–H groups in total. The Morgan fingerprint density at radius 2 is 1.48 bits per heavy atom. The van der Waals surface area contributed by atoms with E-state index in [9.17, 15) is 4.79 Å². The van der Waals surface area contributed by atoms with Crippen LogP contribution in [0, 0.1) is 0 Å². The van der Waals surface area contributed by atoms with Crippen molar-refractivity contribution in [3.63, 3.8) is 0 Å². The molecule has 9 heteroatoms. The highest BCUT2D eigenvalue weighted by Gasteiger charge is 2.18. The number of carbonyl (C=O) groups is 3. The first-order valence-electron chi connectivity index (χ1n) is 10.2. The van der Waals surface area contributed by atoms with E-state index in [2.05, 4.69) is 31.0 Å². The summed E-state index contributed by atoms with van der Waals surface area (Å²) in [5.74, 6) is -3.65. The molecular formula is C24H31ClN2O6. The number of carbonyl (C=O) groups excluding carboxylic acids is 1. The summed E-state index contributed by atoms with van der Waals surface area (Å²) in [7, 11) is 3.99. The van der Waals surface area contributed by atoms with Gasteiger partial charge in [0.15, 0.2) is 0 Å². The molecule has 2 aromatic rings. The molecule has 33 heavy (non-hydrogen) atoms. The Kier molecular flexibility index (Phi) is 10.8. The van der Waals surface area contributed by atoms with Crippen molar-refractivity contribution in [2.24, 2.45) is 0 Å². The summed E-state index contributed by atoms with van der Waals surface area (Å²) in [5, 5.41) is 18.3. The van der Waals surface area contributed by atoms with Gasteiger partial charge in [-0.25, -0.2) is 14.4 Å². The van der Waals surface area contributed by atoms with Crippen LogP contribution in [0.2, 0.25) is 5.02 Å². The second-order valence-electron chi connectivity index (χ2n) is 8.60. The van der Waals surface area contributed by atoms with E-state index in [0.717, 1.165) is 17.8 Å². The summed E-state index contributed by atoms with van der Waals surface area (Å²) < 4.78 is 5.71. The first-order chi connectivity index (χ1) is 15.3. The number of rotatable bonds is 6. The molecule has 0 aliphatic carbocycles. The molecule has 0 aliphatic rings. The Balaban J connectivity index is 0.000000801. The monoisotopic (exact) mass is 478 g/mol. The molecule has 0 heterocycles. The van der Waals surface area contributed by atoms with E-state index in [0.29, 0.717) is 11.4 Å². The van der Waals surface area contributed by atoms with Crippen LogP contribution in [0.5, 0.6) is 0 Å². The lowest BCUT2D eigenvalue weighted by atomic mass is 9.87. The molecule has 0 fully saturated rings. The predicted molar refractivity (Wildman–Crippen MR) is 128 cm³/mol. The standard InChI is InChI=1S/C22H29ClN2O2.C2H2O4/c1-22(2,3)17-8-12-19(13-9-17)24-21(26)27-20(14-15-25(4)5)16-6-10-18(23)11-7-16;3-1(4)2(5)6/h6-13,20H,14-15H2,1-5H3,(H,24,26);(H,3,4)(H,5,6). The van der Waals surface area contributed by atoms with Gasteiger partial charge in [0, 0.05) is 23.7 Å². The van der Waals surface area contributed by atoms with Crippen molar-refractivity contribution in [1.29, 1.82) is 0 Å². The lowest BCUT2D eigenvalue weighted by Gasteiger charge is -2.21. The molecule has 1 amide bonds. The van der Waals surface area contributed by atoms with Crippen molar-refractivity contribution in [3.8, 4) is 0 Å². The highest BCUT2D eigenvalue weighted by Crippen LogP contribution is 2.26. The summed E-state index contributed by atoms with van der Waals surface area (Å²) in [4.78, 5) is 32.7. The van der Waals surface area contributed by atoms with Gasteiger partial charge in [-0.1, -0.05) is 56.6 Å². The number of halogens is 1. The smallest absolute Gasteiger partial charge is 0.414 e. The lowest BCUT2D eigenvalue weighted by molar-refractivity contribution is -0.159. The maximum absolute atomic E-state index is 12.4. The summed E-state index contributed by atoms with van der Waals surface area (Å²) in [6.45, 7) is 7.28. The molecular weight excluding hydrogens is 448 g/mol. The zero-order valence-corrected chi connectivity index (χ0v) is 20.2. The van der Waals surface area contributed by atoms with Crippen molar-refractivity contribution in [3.05, 3.63) is 64.7 Å². The molecule has 0 bridgehead atoms. The number of benzene rings is 2. The Hall–Kier alpha value is -3.10. The molecule has 1 unspecified atom stereocenters. The Morgan fingerprint density at radius 3 is 1.91 bits per heavy atom. The molecule has 0 aliphatic heterocycles. The van der Waals surface area contributed by atoms with E-state index in [1.807, 2.05) is 62.6 Å². The minimum absolute atomic E-state index is 0.0743. The summed E-state index contributed by atoms with van der Waals surface area (Å²) in [6, 6.07) is 15.3. The van der Waals surface area contributed by atoms with E-state index in [1.165, 1.54) is 5.56 Å². The van der Waals surface area contributed by atoms with Gasteiger partial charge in [-0.2, -0.15) is 0 Å². The third kappa shape index (κ3) is 10.9. The zero-order valence-electron chi connectivity index (χ0n) is 19.5. The van der Waals surface area contributed by atoms with Crippen molar-refractivity contribution >= 4 is 35.3 Å². The number of nitrogens with zero attached hydrogens (tertiary/aromatic N) is 1. The van der Waals surface area contributed by atoms with Gasteiger partial charge in [-0.3, -0.25) is 5.32 Å². The summed E-state index contributed by atoms with van der Waals surface area (Å²) >= 11 is 5.97. The molecule has 0 radical (unpaired) electrons. The lowest BCUT2D eigenvalue weighted by Crippen LogP contribution is -2.22. The Morgan fingerprint density at radius 1 is 0.970 bits per heavy atom. The number of carboxylic acid groups (broad SMARTS) is 2. The first-order valence-corrected chi connectivity index (χ1v) is 10.6. The van der Waals surface area contributed by atoms with Gasteiger partial charge >= 0.3 is 18.0 Å². The van der Waals surface area contributed by atoms with Crippen LogP contribution in [-0.4, -0.2) is 53.8 Å². The predicted octanol–water partition coefficient (Wildman–Crippen LogP) is 5.03. The van der Waals surface area contributed by atoms with Crippen LogP contribution in [0.1, 0.15) is 44.4 Å². The van der Waals surface area contributed by atoms with Crippen molar-refractivity contribution < 1.29 is 29.3 Å². The van der Waals surface area contributed by atoms with Gasteiger partial charge in [-0.05, 0) is 54.9 Å². The van der Waals surface area contributed by atoms with Gasteiger partial charge in [0.25, 0.3) is 0 Å². The van der Waals surface area contributed by atoms with Crippen LogP contribution in [0.25, 0.3) is 0 Å². The average Bonchev–Trinajstić information content (AvgIpc) is 2.71. The van der Waals surface area contributed by atoms with Crippen molar-refractivity contribution in [2.45, 2.75) is 38.7 Å². The number of anilines is 1. The SMILES string of the molecule is CN(C)CCC(OC(=O)Nc1ccc(C(C)(C)C)cc1)c1ccc(Cl)cc1.O=C(O)C(=O)O. The van der Waals surface area contributed by atoms with Gasteiger partial charge in [-0.15, -0.1) is 0 Å². The fourth-order valence-electron chi connectivity index (χ4n) is 2.68. The van der Waals surface area contributed by atoms with E-state index in [-0.39, 0.29) is 11.5 Å².